The second kappa shape index (κ2) is 3.93. The van der Waals surface area contributed by atoms with Gasteiger partial charge in [-0.2, -0.15) is 0 Å². The number of hydrogen-bond acceptors (Lipinski definition) is 4. The van der Waals surface area contributed by atoms with Crippen molar-refractivity contribution in [1.82, 2.24) is 10.3 Å². The molecule has 2 amide bonds. The lowest BCUT2D eigenvalue weighted by atomic mass is 10.3. The van der Waals surface area contributed by atoms with Crippen molar-refractivity contribution in [3.05, 3.63) is 11.1 Å². The molecule has 0 unspecified atom stereocenters. The molecule has 76 valence electrons. The fourth-order valence-corrected chi connectivity index (χ4v) is 1.73. The maximum absolute atomic E-state index is 11.3. The predicted molar refractivity (Wildman–Crippen MR) is 53.6 cm³/mol. The summed E-state index contributed by atoms with van der Waals surface area (Å²) < 4.78 is 4.93. The van der Waals surface area contributed by atoms with Crippen molar-refractivity contribution >= 4 is 22.5 Å². The van der Waals surface area contributed by atoms with E-state index in [0.717, 1.165) is 5.69 Å². The van der Waals surface area contributed by atoms with E-state index in [1.165, 1.54) is 11.3 Å². The van der Waals surface area contributed by atoms with Gasteiger partial charge in [-0.05, 0) is 6.92 Å². The van der Waals surface area contributed by atoms with Crippen molar-refractivity contribution in [2.45, 2.75) is 13.0 Å². The first-order valence-electron chi connectivity index (χ1n) is 4.31. The van der Waals surface area contributed by atoms with Crippen LogP contribution in [0.15, 0.2) is 5.38 Å². The van der Waals surface area contributed by atoms with E-state index in [2.05, 4.69) is 15.6 Å². The Morgan fingerprint density at radius 1 is 1.71 bits per heavy atom. The SMILES string of the molecule is Cc1csc(NC(=O)NC2COC2)n1. The highest BCUT2D eigenvalue weighted by atomic mass is 32.1. The third-order valence-electron chi connectivity index (χ3n) is 1.81. The molecule has 0 radical (unpaired) electrons. The van der Waals surface area contributed by atoms with Gasteiger partial charge in [0.25, 0.3) is 0 Å². The number of thiazole rings is 1. The Hall–Kier alpha value is -1.14. The highest BCUT2D eigenvalue weighted by Crippen LogP contribution is 2.14. The number of ether oxygens (including phenoxy) is 1. The smallest absolute Gasteiger partial charge is 0.321 e. The average Bonchev–Trinajstić information content (AvgIpc) is 2.44. The number of hydrogen-bond donors (Lipinski definition) is 2. The molecular formula is C8H11N3O2S. The Kier molecular flexibility index (Phi) is 2.64. The predicted octanol–water partition coefficient (Wildman–Crippen LogP) is 0.972. The summed E-state index contributed by atoms with van der Waals surface area (Å²) in [7, 11) is 0. The Morgan fingerprint density at radius 2 is 2.50 bits per heavy atom. The summed E-state index contributed by atoms with van der Waals surface area (Å²) in [4.78, 5) is 15.4. The molecule has 5 nitrogen and oxygen atoms in total. The lowest BCUT2D eigenvalue weighted by molar-refractivity contribution is 0.000734. The van der Waals surface area contributed by atoms with Gasteiger partial charge in [-0.3, -0.25) is 5.32 Å². The third kappa shape index (κ3) is 2.21. The number of nitrogens with zero attached hydrogens (tertiary/aromatic N) is 1. The van der Waals surface area contributed by atoms with Crippen LogP contribution < -0.4 is 10.6 Å². The highest BCUT2D eigenvalue weighted by Gasteiger charge is 2.20. The third-order valence-corrected chi connectivity index (χ3v) is 2.69. The van der Waals surface area contributed by atoms with Crippen LogP contribution in [-0.2, 0) is 4.74 Å². The monoisotopic (exact) mass is 213 g/mol. The van der Waals surface area contributed by atoms with E-state index in [9.17, 15) is 4.79 Å². The molecule has 1 fully saturated rings. The fourth-order valence-electron chi connectivity index (χ4n) is 1.05. The van der Waals surface area contributed by atoms with Gasteiger partial charge in [0.1, 0.15) is 0 Å². The van der Waals surface area contributed by atoms with Crippen molar-refractivity contribution in [2.75, 3.05) is 18.5 Å². The van der Waals surface area contributed by atoms with Gasteiger partial charge in [-0.15, -0.1) is 11.3 Å². The molecule has 0 aromatic carbocycles. The molecule has 14 heavy (non-hydrogen) atoms. The van der Waals surface area contributed by atoms with E-state index < -0.39 is 0 Å². The van der Waals surface area contributed by atoms with E-state index in [1.54, 1.807) is 0 Å². The standard InChI is InChI=1S/C8H11N3O2S/c1-5-4-14-8(9-5)11-7(12)10-6-2-13-3-6/h4,6H,2-3H2,1H3,(H2,9,10,11,12). The molecule has 0 atom stereocenters. The van der Waals surface area contributed by atoms with Crippen LogP contribution in [0.4, 0.5) is 9.93 Å². The number of aryl methyl sites for hydroxylation is 1. The maximum atomic E-state index is 11.3. The van der Waals surface area contributed by atoms with Crippen LogP contribution in [0.5, 0.6) is 0 Å². The summed E-state index contributed by atoms with van der Waals surface area (Å²) >= 11 is 1.42. The topological polar surface area (TPSA) is 63.2 Å². The zero-order chi connectivity index (χ0) is 9.97. The van der Waals surface area contributed by atoms with Gasteiger partial charge in [-0.25, -0.2) is 9.78 Å². The summed E-state index contributed by atoms with van der Waals surface area (Å²) in [5.74, 6) is 0. The number of anilines is 1. The number of aromatic nitrogens is 1. The summed E-state index contributed by atoms with van der Waals surface area (Å²) in [6.45, 7) is 3.09. The van der Waals surface area contributed by atoms with E-state index in [-0.39, 0.29) is 12.1 Å². The van der Waals surface area contributed by atoms with Crippen molar-refractivity contribution in [2.24, 2.45) is 0 Å². The molecule has 0 spiro atoms. The zero-order valence-electron chi connectivity index (χ0n) is 7.74. The molecule has 0 aliphatic carbocycles. The largest absolute Gasteiger partial charge is 0.377 e. The Bertz CT molecular complexity index is 335. The second-order valence-electron chi connectivity index (χ2n) is 3.13. The van der Waals surface area contributed by atoms with Gasteiger partial charge in [0.2, 0.25) is 0 Å². The number of nitrogens with one attached hydrogen (secondary N) is 2. The molecule has 1 aromatic rings. The minimum absolute atomic E-state index is 0.149. The molecule has 2 N–H and O–H groups in total. The van der Waals surface area contributed by atoms with E-state index >= 15 is 0 Å². The van der Waals surface area contributed by atoms with Crippen LogP contribution in [0.1, 0.15) is 5.69 Å². The number of rotatable bonds is 2. The number of carbonyl (C=O) groups is 1. The van der Waals surface area contributed by atoms with Gasteiger partial charge in [0.05, 0.1) is 24.9 Å². The molecular weight excluding hydrogens is 202 g/mol. The lowest BCUT2D eigenvalue weighted by Gasteiger charge is -2.26. The second-order valence-corrected chi connectivity index (χ2v) is 3.98. The van der Waals surface area contributed by atoms with Gasteiger partial charge in [0.15, 0.2) is 5.13 Å². The number of amides is 2. The fraction of sp³-hybridized carbons (Fsp3) is 0.500. The first kappa shape index (κ1) is 9.42. The molecule has 1 aliphatic rings. The highest BCUT2D eigenvalue weighted by molar-refractivity contribution is 7.13. The minimum Gasteiger partial charge on any atom is -0.377 e. The summed E-state index contributed by atoms with van der Waals surface area (Å²) in [5.41, 5.74) is 0.914. The van der Waals surface area contributed by atoms with Crippen molar-refractivity contribution in [3.63, 3.8) is 0 Å². The van der Waals surface area contributed by atoms with Crippen LogP contribution in [0.25, 0.3) is 0 Å². The van der Waals surface area contributed by atoms with Crippen LogP contribution in [-0.4, -0.2) is 30.3 Å². The molecule has 1 aromatic heterocycles. The Labute approximate surface area is 85.5 Å². The Morgan fingerprint density at radius 3 is 3.00 bits per heavy atom. The van der Waals surface area contributed by atoms with E-state index in [1.807, 2.05) is 12.3 Å². The molecule has 0 saturated carbocycles. The average molecular weight is 213 g/mol. The minimum atomic E-state index is -0.215. The summed E-state index contributed by atoms with van der Waals surface area (Å²) in [6, 6.07) is -0.0660. The van der Waals surface area contributed by atoms with Crippen molar-refractivity contribution < 1.29 is 9.53 Å². The number of carbonyl (C=O) groups excluding carboxylic acids is 1. The van der Waals surface area contributed by atoms with Crippen LogP contribution in [0, 0.1) is 6.92 Å². The molecule has 1 aliphatic heterocycles. The molecule has 6 heteroatoms. The van der Waals surface area contributed by atoms with Crippen molar-refractivity contribution in [1.29, 1.82) is 0 Å². The van der Waals surface area contributed by atoms with E-state index in [4.69, 9.17) is 4.74 Å². The normalized spacial score (nSPS) is 16.1. The van der Waals surface area contributed by atoms with Crippen LogP contribution >= 0.6 is 11.3 Å². The van der Waals surface area contributed by atoms with E-state index in [0.29, 0.717) is 18.3 Å². The van der Waals surface area contributed by atoms with Crippen molar-refractivity contribution in [3.8, 4) is 0 Å². The molecule has 2 rings (SSSR count). The maximum Gasteiger partial charge on any atom is 0.321 e. The first-order chi connectivity index (χ1) is 6.74. The summed E-state index contributed by atoms with van der Waals surface area (Å²) in [5, 5.41) is 7.95. The van der Waals surface area contributed by atoms with Gasteiger partial charge >= 0.3 is 6.03 Å². The van der Waals surface area contributed by atoms with Gasteiger partial charge < -0.3 is 10.1 Å². The summed E-state index contributed by atoms with van der Waals surface area (Å²) in [6.07, 6.45) is 0. The molecule has 2 heterocycles. The lowest BCUT2D eigenvalue weighted by Crippen LogP contribution is -2.49. The molecule has 1 saturated heterocycles. The zero-order valence-corrected chi connectivity index (χ0v) is 8.56. The molecule has 0 bridgehead atoms. The van der Waals surface area contributed by atoms with Gasteiger partial charge in [0, 0.05) is 5.38 Å². The Balaban J connectivity index is 1.81. The first-order valence-corrected chi connectivity index (χ1v) is 5.19. The number of urea groups is 1. The quantitative estimate of drug-likeness (QED) is 0.769. The van der Waals surface area contributed by atoms with Crippen LogP contribution in [0.3, 0.4) is 0 Å². The van der Waals surface area contributed by atoms with Crippen LogP contribution in [0.2, 0.25) is 0 Å². The van der Waals surface area contributed by atoms with Gasteiger partial charge in [-0.1, -0.05) is 0 Å².